The van der Waals surface area contributed by atoms with E-state index in [0.717, 1.165) is 18.5 Å². The number of carbonyl (C=O) groups is 1. The van der Waals surface area contributed by atoms with Crippen LogP contribution in [0.25, 0.3) is 0 Å². The third-order valence-corrected chi connectivity index (χ3v) is 3.57. The van der Waals surface area contributed by atoms with E-state index in [4.69, 9.17) is 9.84 Å². The van der Waals surface area contributed by atoms with E-state index in [2.05, 4.69) is 11.4 Å². The van der Waals surface area contributed by atoms with Crippen molar-refractivity contribution in [2.75, 3.05) is 38.7 Å². The van der Waals surface area contributed by atoms with E-state index < -0.39 is 0 Å². The Morgan fingerprint density at radius 1 is 1.35 bits per heavy atom. The molecule has 0 heterocycles. The molecule has 0 atom stereocenters. The molecule has 0 aliphatic heterocycles. The zero-order valence-corrected chi connectivity index (χ0v) is 11.9. The lowest BCUT2D eigenvalue weighted by Crippen LogP contribution is -2.39. The maximum absolute atomic E-state index is 12.2. The highest BCUT2D eigenvalue weighted by Crippen LogP contribution is 2.24. The summed E-state index contributed by atoms with van der Waals surface area (Å²) < 4.78 is 4.98. The van der Waals surface area contributed by atoms with Gasteiger partial charge in [-0.1, -0.05) is 6.07 Å². The quantitative estimate of drug-likeness (QED) is 0.831. The van der Waals surface area contributed by atoms with Crippen LogP contribution in [0.5, 0.6) is 0 Å². The molecule has 0 bridgehead atoms. The van der Waals surface area contributed by atoms with Crippen LogP contribution in [0.4, 0.5) is 10.5 Å². The predicted molar refractivity (Wildman–Crippen MR) is 78.0 cm³/mol. The average Bonchev–Trinajstić information content (AvgIpc) is 2.90. The van der Waals surface area contributed by atoms with Crippen LogP contribution >= 0.6 is 0 Å². The molecule has 1 aliphatic carbocycles. The van der Waals surface area contributed by atoms with E-state index in [0.29, 0.717) is 19.7 Å². The number of rotatable bonds is 6. The smallest absolute Gasteiger partial charge is 0.321 e. The highest BCUT2D eigenvalue weighted by Gasteiger charge is 2.15. The number of ether oxygens (including phenoxy) is 1. The topological polar surface area (TPSA) is 61.8 Å². The Bertz CT molecular complexity index is 462. The number of urea groups is 1. The fourth-order valence-corrected chi connectivity index (χ4v) is 2.49. The maximum Gasteiger partial charge on any atom is 0.321 e. The van der Waals surface area contributed by atoms with Gasteiger partial charge in [-0.25, -0.2) is 4.79 Å². The molecular formula is C15H22N2O3. The SMILES string of the molecule is COCCN(CCO)C(=O)Nc1ccc2c(c1)CCC2. The van der Waals surface area contributed by atoms with Crippen molar-refractivity contribution in [3.05, 3.63) is 29.3 Å². The molecule has 1 aromatic rings. The largest absolute Gasteiger partial charge is 0.395 e. The van der Waals surface area contributed by atoms with E-state index in [1.165, 1.54) is 17.5 Å². The summed E-state index contributed by atoms with van der Waals surface area (Å²) in [5.41, 5.74) is 3.53. The molecule has 0 spiro atoms. The Labute approximate surface area is 119 Å². The number of methoxy groups -OCH3 is 1. The average molecular weight is 278 g/mol. The molecule has 2 N–H and O–H groups in total. The van der Waals surface area contributed by atoms with Gasteiger partial charge in [-0.15, -0.1) is 0 Å². The van der Waals surface area contributed by atoms with Crippen LogP contribution < -0.4 is 5.32 Å². The van der Waals surface area contributed by atoms with Crippen LogP contribution in [0.2, 0.25) is 0 Å². The molecule has 0 aromatic heterocycles. The fraction of sp³-hybridized carbons (Fsp3) is 0.533. The number of hydrogen-bond donors (Lipinski definition) is 2. The Hall–Kier alpha value is -1.59. The number of anilines is 1. The molecule has 1 aromatic carbocycles. The molecule has 5 heteroatoms. The molecule has 5 nitrogen and oxygen atoms in total. The van der Waals surface area contributed by atoms with Crippen molar-refractivity contribution in [1.82, 2.24) is 4.90 Å². The first-order valence-electron chi connectivity index (χ1n) is 7.02. The van der Waals surface area contributed by atoms with Crippen LogP contribution in [0.15, 0.2) is 18.2 Å². The van der Waals surface area contributed by atoms with Crippen molar-refractivity contribution in [2.45, 2.75) is 19.3 Å². The number of aliphatic hydroxyl groups is 1. The molecule has 110 valence electrons. The van der Waals surface area contributed by atoms with Crippen molar-refractivity contribution < 1.29 is 14.6 Å². The number of nitrogens with zero attached hydrogens (tertiary/aromatic N) is 1. The first-order chi connectivity index (χ1) is 9.74. The number of carbonyl (C=O) groups excluding carboxylic acids is 1. The summed E-state index contributed by atoms with van der Waals surface area (Å²) in [4.78, 5) is 13.7. The van der Waals surface area contributed by atoms with Gasteiger partial charge in [0.25, 0.3) is 0 Å². The van der Waals surface area contributed by atoms with Gasteiger partial charge >= 0.3 is 6.03 Å². The second-order valence-corrected chi connectivity index (χ2v) is 4.97. The summed E-state index contributed by atoms with van der Waals surface area (Å²) >= 11 is 0. The zero-order chi connectivity index (χ0) is 14.4. The number of fused-ring (bicyclic) bond motifs is 1. The zero-order valence-electron chi connectivity index (χ0n) is 11.9. The van der Waals surface area contributed by atoms with E-state index in [-0.39, 0.29) is 12.6 Å². The predicted octanol–water partition coefficient (Wildman–Crippen LogP) is 1.65. The number of aliphatic hydroxyl groups excluding tert-OH is 1. The molecule has 0 unspecified atom stereocenters. The van der Waals surface area contributed by atoms with Gasteiger partial charge in [0.15, 0.2) is 0 Å². The van der Waals surface area contributed by atoms with Crippen LogP contribution in [0.1, 0.15) is 17.5 Å². The second kappa shape index (κ2) is 7.26. The summed E-state index contributed by atoms with van der Waals surface area (Å²) in [7, 11) is 1.59. The summed E-state index contributed by atoms with van der Waals surface area (Å²) in [6, 6.07) is 5.88. The van der Waals surface area contributed by atoms with E-state index in [1.807, 2.05) is 12.1 Å². The highest BCUT2D eigenvalue weighted by molar-refractivity contribution is 5.89. The molecule has 0 radical (unpaired) electrons. The van der Waals surface area contributed by atoms with Gasteiger partial charge in [0.2, 0.25) is 0 Å². The molecule has 2 amide bonds. The summed E-state index contributed by atoms with van der Waals surface area (Å²) in [5.74, 6) is 0. The fourth-order valence-electron chi connectivity index (χ4n) is 2.49. The van der Waals surface area contributed by atoms with Crippen LogP contribution in [-0.4, -0.2) is 49.5 Å². The Morgan fingerprint density at radius 3 is 2.90 bits per heavy atom. The maximum atomic E-state index is 12.2. The van der Waals surface area contributed by atoms with Crippen molar-refractivity contribution in [2.24, 2.45) is 0 Å². The van der Waals surface area contributed by atoms with Crippen molar-refractivity contribution in [3.63, 3.8) is 0 Å². The lowest BCUT2D eigenvalue weighted by molar-refractivity contribution is 0.142. The lowest BCUT2D eigenvalue weighted by Gasteiger charge is -2.22. The van der Waals surface area contributed by atoms with E-state index >= 15 is 0 Å². The Kier molecular flexibility index (Phi) is 5.38. The molecule has 1 aliphatic rings. The normalized spacial score (nSPS) is 13.1. The summed E-state index contributed by atoms with van der Waals surface area (Å²) in [6.45, 7) is 1.17. The van der Waals surface area contributed by atoms with Crippen LogP contribution in [-0.2, 0) is 17.6 Å². The monoisotopic (exact) mass is 278 g/mol. The Morgan fingerprint density at radius 2 is 2.15 bits per heavy atom. The molecule has 0 saturated heterocycles. The van der Waals surface area contributed by atoms with Gasteiger partial charge in [-0.3, -0.25) is 0 Å². The summed E-state index contributed by atoms with van der Waals surface area (Å²) in [6.07, 6.45) is 3.41. The second-order valence-electron chi connectivity index (χ2n) is 4.97. The standard InChI is InChI=1S/C15H22N2O3/c1-20-10-8-17(7-9-18)15(19)16-14-6-5-12-3-2-4-13(12)11-14/h5-6,11,18H,2-4,7-10H2,1H3,(H,16,19). The van der Waals surface area contributed by atoms with Crippen molar-refractivity contribution in [3.8, 4) is 0 Å². The molecule has 20 heavy (non-hydrogen) atoms. The van der Waals surface area contributed by atoms with Crippen LogP contribution in [0, 0.1) is 0 Å². The number of amides is 2. The van der Waals surface area contributed by atoms with Crippen LogP contribution in [0.3, 0.4) is 0 Å². The third kappa shape index (κ3) is 3.71. The molecular weight excluding hydrogens is 256 g/mol. The highest BCUT2D eigenvalue weighted by atomic mass is 16.5. The number of hydrogen-bond acceptors (Lipinski definition) is 3. The van der Waals surface area contributed by atoms with Gasteiger partial charge in [0.1, 0.15) is 0 Å². The number of benzene rings is 1. The van der Waals surface area contributed by atoms with E-state index in [9.17, 15) is 4.79 Å². The molecule has 0 saturated carbocycles. The van der Waals surface area contributed by atoms with Gasteiger partial charge in [0.05, 0.1) is 13.2 Å². The summed E-state index contributed by atoms with van der Waals surface area (Å²) in [5, 5.41) is 11.9. The minimum Gasteiger partial charge on any atom is -0.395 e. The van der Waals surface area contributed by atoms with E-state index in [1.54, 1.807) is 12.0 Å². The number of aryl methyl sites for hydroxylation is 2. The van der Waals surface area contributed by atoms with Crippen molar-refractivity contribution >= 4 is 11.7 Å². The minimum absolute atomic E-state index is 0.0542. The van der Waals surface area contributed by atoms with Gasteiger partial charge in [-0.2, -0.15) is 0 Å². The first kappa shape index (κ1) is 14.8. The minimum atomic E-state index is -0.200. The van der Waals surface area contributed by atoms with Gasteiger partial charge in [-0.05, 0) is 42.5 Å². The number of nitrogens with one attached hydrogen (secondary N) is 1. The molecule has 2 rings (SSSR count). The first-order valence-corrected chi connectivity index (χ1v) is 7.02. The van der Waals surface area contributed by atoms with Gasteiger partial charge < -0.3 is 20.1 Å². The Balaban J connectivity index is 1.98. The van der Waals surface area contributed by atoms with Crippen molar-refractivity contribution in [1.29, 1.82) is 0 Å². The van der Waals surface area contributed by atoms with Gasteiger partial charge in [0, 0.05) is 25.9 Å². The lowest BCUT2D eigenvalue weighted by atomic mass is 10.1. The third-order valence-electron chi connectivity index (χ3n) is 3.57. The molecule has 0 fully saturated rings.